The van der Waals surface area contributed by atoms with Gasteiger partial charge in [-0.15, -0.1) is 0 Å². The Morgan fingerprint density at radius 1 is 1.16 bits per heavy atom. The van der Waals surface area contributed by atoms with Crippen molar-refractivity contribution in [3.63, 3.8) is 0 Å². The lowest BCUT2D eigenvalue weighted by molar-refractivity contribution is -0.112. The number of hydrogen-bond donors (Lipinski definition) is 1. The van der Waals surface area contributed by atoms with Crippen molar-refractivity contribution in [3.05, 3.63) is 63.6 Å². The quantitative estimate of drug-likeness (QED) is 0.568. The van der Waals surface area contributed by atoms with E-state index in [0.717, 1.165) is 0 Å². The van der Waals surface area contributed by atoms with Gasteiger partial charge in [-0.2, -0.15) is 5.26 Å². The number of carbonyl (C=O) groups is 1. The van der Waals surface area contributed by atoms with Gasteiger partial charge in [0.1, 0.15) is 17.4 Å². The molecule has 0 bridgehead atoms. The van der Waals surface area contributed by atoms with Crippen LogP contribution in [0.3, 0.4) is 0 Å². The second-order valence-corrected chi connectivity index (χ2v) is 6.35. The molecule has 0 aliphatic rings. The molecule has 0 aromatic heterocycles. The topological polar surface area (TPSA) is 62.1 Å². The van der Waals surface area contributed by atoms with Crippen LogP contribution in [0.5, 0.6) is 5.75 Å². The molecule has 2 rings (SSSR count). The summed E-state index contributed by atoms with van der Waals surface area (Å²) in [5.41, 5.74) is 1.04. The van der Waals surface area contributed by atoms with E-state index in [4.69, 9.17) is 27.9 Å². The van der Waals surface area contributed by atoms with Crippen LogP contribution >= 0.6 is 23.2 Å². The molecule has 0 saturated carbocycles. The summed E-state index contributed by atoms with van der Waals surface area (Å²) < 4.78 is 5.70. The molecule has 0 aliphatic heterocycles. The number of nitrogens with one attached hydrogen (secondary N) is 1. The minimum Gasteiger partial charge on any atom is -0.490 e. The zero-order valence-corrected chi connectivity index (χ0v) is 15.2. The molecule has 0 spiro atoms. The highest BCUT2D eigenvalue weighted by atomic mass is 35.5. The van der Waals surface area contributed by atoms with Crippen LogP contribution in [0.2, 0.25) is 10.0 Å². The monoisotopic (exact) mass is 374 g/mol. The minimum absolute atomic E-state index is 0.0539. The third-order valence-electron chi connectivity index (χ3n) is 3.10. The summed E-state index contributed by atoms with van der Waals surface area (Å²) in [4.78, 5) is 12.3. The summed E-state index contributed by atoms with van der Waals surface area (Å²) in [7, 11) is 0. The van der Waals surface area contributed by atoms with Crippen LogP contribution in [0.25, 0.3) is 6.08 Å². The Hall–Kier alpha value is -2.48. The molecule has 128 valence electrons. The zero-order chi connectivity index (χ0) is 18.4. The number of hydrogen-bond acceptors (Lipinski definition) is 3. The van der Waals surface area contributed by atoms with Crippen LogP contribution < -0.4 is 10.1 Å². The molecule has 0 heterocycles. The summed E-state index contributed by atoms with van der Waals surface area (Å²) in [6.45, 7) is 3.78. The van der Waals surface area contributed by atoms with Crippen LogP contribution in [0.15, 0.2) is 48.0 Å². The molecule has 1 amide bonds. The lowest BCUT2D eigenvalue weighted by atomic mass is 10.1. The molecule has 0 fully saturated rings. The second kappa shape index (κ2) is 8.57. The van der Waals surface area contributed by atoms with Crippen molar-refractivity contribution < 1.29 is 9.53 Å². The summed E-state index contributed by atoms with van der Waals surface area (Å²) >= 11 is 11.8. The molecule has 2 aromatic rings. The first-order valence-electron chi connectivity index (χ1n) is 7.54. The standard InChI is InChI=1S/C19H16Cl2N2O2/c1-12(2)25-18-8-5-16(21)10-13(18)9-14(11-22)19(24)23-17-6-3-15(20)4-7-17/h3-10,12H,1-2H3,(H,23,24)/b14-9+. The van der Waals surface area contributed by atoms with E-state index in [1.54, 1.807) is 42.5 Å². The fraction of sp³-hybridized carbons (Fsp3) is 0.158. The van der Waals surface area contributed by atoms with E-state index in [1.807, 2.05) is 19.9 Å². The maximum atomic E-state index is 12.3. The van der Waals surface area contributed by atoms with Crippen molar-refractivity contribution >= 4 is 40.9 Å². The van der Waals surface area contributed by atoms with Crippen LogP contribution in [-0.2, 0) is 4.79 Å². The van der Waals surface area contributed by atoms with Crippen molar-refractivity contribution in [2.45, 2.75) is 20.0 Å². The summed E-state index contributed by atoms with van der Waals surface area (Å²) in [5.74, 6) is 0.0201. The fourth-order valence-corrected chi connectivity index (χ4v) is 2.34. The fourth-order valence-electron chi connectivity index (χ4n) is 2.03. The first-order valence-corrected chi connectivity index (χ1v) is 8.29. The highest BCUT2D eigenvalue weighted by molar-refractivity contribution is 6.31. The predicted molar refractivity (Wildman–Crippen MR) is 101 cm³/mol. The summed E-state index contributed by atoms with van der Waals surface area (Å²) in [6.07, 6.45) is 1.40. The normalized spacial score (nSPS) is 11.1. The number of nitrogens with zero attached hydrogens (tertiary/aromatic N) is 1. The number of ether oxygens (including phenoxy) is 1. The maximum absolute atomic E-state index is 12.3. The summed E-state index contributed by atoms with van der Waals surface area (Å²) in [5, 5.41) is 13.0. The zero-order valence-electron chi connectivity index (χ0n) is 13.7. The smallest absolute Gasteiger partial charge is 0.266 e. The van der Waals surface area contributed by atoms with Crippen molar-refractivity contribution in [2.75, 3.05) is 5.32 Å². The van der Waals surface area contributed by atoms with Gasteiger partial charge in [-0.05, 0) is 62.4 Å². The third kappa shape index (κ3) is 5.53. The van der Waals surface area contributed by atoms with Gasteiger partial charge in [-0.1, -0.05) is 23.2 Å². The average molecular weight is 375 g/mol. The van der Waals surface area contributed by atoms with E-state index in [2.05, 4.69) is 5.32 Å². The van der Waals surface area contributed by atoms with Gasteiger partial charge in [0.25, 0.3) is 5.91 Å². The molecule has 0 atom stereocenters. The lowest BCUT2D eigenvalue weighted by Crippen LogP contribution is -2.13. The van der Waals surface area contributed by atoms with E-state index < -0.39 is 5.91 Å². The molecule has 0 saturated heterocycles. The first kappa shape index (κ1) is 18.9. The van der Waals surface area contributed by atoms with Crippen molar-refractivity contribution in [3.8, 4) is 11.8 Å². The highest BCUT2D eigenvalue weighted by Crippen LogP contribution is 2.26. The Morgan fingerprint density at radius 2 is 1.80 bits per heavy atom. The number of halogens is 2. The van der Waals surface area contributed by atoms with Gasteiger partial charge in [-0.3, -0.25) is 4.79 Å². The number of rotatable bonds is 5. The van der Waals surface area contributed by atoms with Gasteiger partial charge < -0.3 is 10.1 Å². The van der Waals surface area contributed by atoms with Crippen LogP contribution in [0.1, 0.15) is 19.4 Å². The highest BCUT2D eigenvalue weighted by Gasteiger charge is 2.12. The number of nitriles is 1. The Labute approximate surface area is 156 Å². The number of amides is 1. The van der Waals surface area contributed by atoms with Crippen molar-refractivity contribution in [1.29, 1.82) is 5.26 Å². The Kier molecular flexibility index (Phi) is 6.46. The van der Waals surface area contributed by atoms with Gasteiger partial charge in [0.15, 0.2) is 0 Å². The molecule has 1 N–H and O–H groups in total. The molecule has 6 heteroatoms. The maximum Gasteiger partial charge on any atom is 0.266 e. The Balaban J connectivity index is 2.30. The van der Waals surface area contributed by atoms with E-state index >= 15 is 0 Å². The van der Waals surface area contributed by atoms with E-state index in [9.17, 15) is 10.1 Å². The van der Waals surface area contributed by atoms with Crippen LogP contribution in [0, 0.1) is 11.3 Å². The average Bonchev–Trinajstić information content (AvgIpc) is 2.56. The lowest BCUT2D eigenvalue weighted by Gasteiger charge is -2.13. The predicted octanol–water partition coefficient (Wildman–Crippen LogP) is 5.33. The number of anilines is 1. The van der Waals surface area contributed by atoms with Gasteiger partial charge in [0, 0.05) is 21.3 Å². The largest absolute Gasteiger partial charge is 0.490 e. The number of carbonyl (C=O) groups excluding carboxylic acids is 1. The molecular formula is C19H16Cl2N2O2. The van der Waals surface area contributed by atoms with E-state index in [0.29, 0.717) is 27.0 Å². The minimum atomic E-state index is -0.528. The van der Waals surface area contributed by atoms with Crippen molar-refractivity contribution in [1.82, 2.24) is 0 Å². The molecule has 2 aromatic carbocycles. The molecule has 4 nitrogen and oxygen atoms in total. The first-order chi connectivity index (χ1) is 11.9. The van der Waals surface area contributed by atoms with Crippen molar-refractivity contribution in [2.24, 2.45) is 0 Å². The van der Waals surface area contributed by atoms with Crippen LogP contribution in [0.4, 0.5) is 5.69 Å². The van der Waals surface area contributed by atoms with Gasteiger partial charge >= 0.3 is 0 Å². The Bertz CT molecular complexity index is 837. The third-order valence-corrected chi connectivity index (χ3v) is 3.59. The molecule has 0 radical (unpaired) electrons. The molecule has 0 unspecified atom stereocenters. The van der Waals surface area contributed by atoms with Gasteiger partial charge in [0.05, 0.1) is 6.10 Å². The SMILES string of the molecule is CC(C)Oc1ccc(Cl)cc1/C=C(\C#N)C(=O)Nc1ccc(Cl)cc1. The number of benzene rings is 2. The second-order valence-electron chi connectivity index (χ2n) is 5.48. The van der Waals surface area contributed by atoms with Gasteiger partial charge in [-0.25, -0.2) is 0 Å². The summed E-state index contributed by atoms with van der Waals surface area (Å²) in [6, 6.07) is 13.6. The molecule has 25 heavy (non-hydrogen) atoms. The van der Waals surface area contributed by atoms with Gasteiger partial charge in [0.2, 0.25) is 0 Å². The van der Waals surface area contributed by atoms with E-state index in [1.165, 1.54) is 6.08 Å². The molecule has 0 aliphatic carbocycles. The Morgan fingerprint density at radius 3 is 2.40 bits per heavy atom. The van der Waals surface area contributed by atoms with Crippen LogP contribution in [-0.4, -0.2) is 12.0 Å². The molecular weight excluding hydrogens is 359 g/mol. The van der Waals surface area contributed by atoms with E-state index in [-0.39, 0.29) is 11.7 Å².